The summed E-state index contributed by atoms with van der Waals surface area (Å²) >= 11 is 0. The van der Waals surface area contributed by atoms with Gasteiger partial charge in [-0.05, 0) is 31.5 Å². The maximum atomic E-state index is 5.38. The summed E-state index contributed by atoms with van der Waals surface area (Å²) in [6.45, 7) is 7.24. The van der Waals surface area contributed by atoms with Crippen molar-refractivity contribution in [1.82, 2.24) is 10.3 Å². The van der Waals surface area contributed by atoms with Crippen LogP contribution >= 0.6 is 0 Å². The lowest BCUT2D eigenvalue weighted by Crippen LogP contribution is -2.23. The van der Waals surface area contributed by atoms with Gasteiger partial charge in [-0.25, -0.2) is 4.98 Å². The van der Waals surface area contributed by atoms with Gasteiger partial charge < -0.3 is 15.0 Å². The highest BCUT2D eigenvalue weighted by Gasteiger charge is 2.22. The summed E-state index contributed by atoms with van der Waals surface area (Å²) in [7, 11) is 1.78. The number of nitrogens with zero attached hydrogens (tertiary/aromatic N) is 2. The number of nitrogens with one attached hydrogen (secondary N) is 1. The van der Waals surface area contributed by atoms with E-state index < -0.39 is 0 Å². The summed E-state index contributed by atoms with van der Waals surface area (Å²) in [5.41, 5.74) is 1.24. The molecule has 1 saturated heterocycles. The number of pyridine rings is 1. The Morgan fingerprint density at radius 3 is 2.94 bits per heavy atom. The molecule has 0 aliphatic carbocycles. The van der Waals surface area contributed by atoms with E-state index in [9.17, 15) is 0 Å². The third-order valence-electron chi connectivity index (χ3n) is 3.58. The molecule has 2 unspecified atom stereocenters. The number of ether oxygens (including phenoxy) is 1. The van der Waals surface area contributed by atoms with Gasteiger partial charge in [-0.1, -0.05) is 13.0 Å². The first-order valence-corrected chi connectivity index (χ1v) is 6.71. The number of methoxy groups -OCH3 is 1. The molecule has 1 aromatic rings. The van der Waals surface area contributed by atoms with Gasteiger partial charge in [0.05, 0.1) is 6.10 Å². The average molecular weight is 249 g/mol. The molecule has 0 radical (unpaired) electrons. The SMILES string of the molecule is CCNC(C)c1ccc(N2CCC(OC)C2)nc1. The second kappa shape index (κ2) is 6.16. The molecule has 1 N–H and O–H groups in total. The molecule has 0 amide bonds. The van der Waals surface area contributed by atoms with Crippen molar-refractivity contribution in [1.29, 1.82) is 0 Å². The van der Waals surface area contributed by atoms with Crippen LogP contribution in [0.5, 0.6) is 0 Å². The van der Waals surface area contributed by atoms with Crippen molar-refractivity contribution >= 4 is 5.82 Å². The van der Waals surface area contributed by atoms with E-state index in [-0.39, 0.29) is 0 Å². The average Bonchev–Trinajstić information content (AvgIpc) is 2.88. The van der Waals surface area contributed by atoms with Crippen molar-refractivity contribution in [3.05, 3.63) is 23.9 Å². The Hall–Kier alpha value is -1.13. The molecule has 2 heterocycles. The molecule has 0 spiro atoms. The van der Waals surface area contributed by atoms with Crippen molar-refractivity contribution in [2.24, 2.45) is 0 Å². The first kappa shape index (κ1) is 13.3. The first-order chi connectivity index (χ1) is 8.74. The number of hydrogen-bond donors (Lipinski definition) is 1. The van der Waals surface area contributed by atoms with Crippen molar-refractivity contribution < 1.29 is 4.74 Å². The lowest BCUT2D eigenvalue weighted by Gasteiger charge is -2.18. The molecule has 1 aromatic heterocycles. The number of aromatic nitrogens is 1. The second-order valence-corrected chi connectivity index (χ2v) is 4.82. The summed E-state index contributed by atoms with van der Waals surface area (Å²) in [5.74, 6) is 1.06. The number of anilines is 1. The number of rotatable bonds is 5. The zero-order chi connectivity index (χ0) is 13.0. The van der Waals surface area contributed by atoms with Crippen LogP contribution in [0.3, 0.4) is 0 Å². The normalized spacial score (nSPS) is 21.3. The van der Waals surface area contributed by atoms with Crippen LogP contribution in [-0.4, -0.2) is 37.8 Å². The summed E-state index contributed by atoms with van der Waals surface area (Å²) in [4.78, 5) is 6.85. The topological polar surface area (TPSA) is 37.4 Å². The molecule has 2 atom stereocenters. The predicted octanol–water partition coefficient (Wildman–Crippen LogP) is 1.98. The molecule has 0 saturated carbocycles. The minimum absolute atomic E-state index is 0.354. The zero-order valence-corrected chi connectivity index (χ0v) is 11.5. The van der Waals surface area contributed by atoms with Gasteiger partial charge in [0.1, 0.15) is 5.82 Å². The molecule has 0 bridgehead atoms. The van der Waals surface area contributed by atoms with Crippen molar-refractivity contribution in [3.63, 3.8) is 0 Å². The van der Waals surface area contributed by atoms with Gasteiger partial charge in [0.15, 0.2) is 0 Å². The standard InChI is InChI=1S/C14H23N3O/c1-4-15-11(2)12-5-6-14(16-9-12)17-8-7-13(10-17)18-3/h5-6,9,11,13,15H,4,7-8,10H2,1-3H3. The first-order valence-electron chi connectivity index (χ1n) is 6.71. The van der Waals surface area contributed by atoms with Crippen LogP contribution in [0.1, 0.15) is 31.9 Å². The molecular weight excluding hydrogens is 226 g/mol. The Balaban J connectivity index is 1.99. The molecular formula is C14H23N3O. The van der Waals surface area contributed by atoms with E-state index in [0.717, 1.165) is 31.9 Å². The minimum atomic E-state index is 0.354. The molecule has 0 aromatic carbocycles. The van der Waals surface area contributed by atoms with Gasteiger partial charge in [0.2, 0.25) is 0 Å². The minimum Gasteiger partial charge on any atom is -0.380 e. The quantitative estimate of drug-likeness (QED) is 0.866. The summed E-state index contributed by atoms with van der Waals surface area (Å²) in [6.07, 6.45) is 3.42. The van der Waals surface area contributed by atoms with E-state index in [1.807, 2.05) is 6.20 Å². The summed E-state index contributed by atoms with van der Waals surface area (Å²) in [5, 5.41) is 3.39. The zero-order valence-electron chi connectivity index (χ0n) is 11.5. The van der Waals surface area contributed by atoms with Crippen molar-refractivity contribution in [2.45, 2.75) is 32.4 Å². The Morgan fingerprint density at radius 1 is 1.56 bits per heavy atom. The van der Waals surface area contributed by atoms with Crippen LogP contribution < -0.4 is 10.2 Å². The summed E-state index contributed by atoms with van der Waals surface area (Å²) in [6, 6.07) is 4.64. The van der Waals surface area contributed by atoms with Gasteiger partial charge in [-0.3, -0.25) is 0 Å². The van der Waals surface area contributed by atoms with E-state index in [1.165, 1.54) is 5.56 Å². The molecule has 1 aliphatic rings. The molecule has 1 aliphatic heterocycles. The van der Waals surface area contributed by atoms with Gasteiger partial charge in [0, 0.05) is 32.4 Å². The largest absolute Gasteiger partial charge is 0.380 e. The Kier molecular flexibility index (Phi) is 4.55. The smallest absolute Gasteiger partial charge is 0.128 e. The van der Waals surface area contributed by atoms with E-state index in [1.54, 1.807) is 7.11 Å². The van der Waals surface area contributed by atoms with Crippen molar-refractivity contribution in [2.75, 3.05) is 31.6 Å². The van der Waals surface area contributed by atoms with Crippen LogP contribution in [0.4, 0.5) is 5.82 Å². The fraction of sp³-hybridized carbons (Fsp3) is 0.643. The lowest BCUT2D eigenvalue weighted by molar-refractivity contribution is 0.121. The third-order valence-corrected chi connectivity index (χ3v) is 3.58. The van der Waals surface area contributed by atoms with Gasteiger partial charge >= 0.3 is 0 Å². The van der Waals surface area contributed by atoms with E-state index in [2.05, 4.69) is 41.2 Å². The van der Waals surface area contributed by atoms with Crippen LogP contribution in [0.25, 0.3) is 0 Å². The van der Waals surface area contributed by atoms with E-state index >= 15 is 0 Å². The lowest BCUT2D eigenvalue weighted by atomic mass is 10.1. The predicted molar refractivity (Wildman–Crippen MR) is 74.0 cm³/mol. The van der Waals surface area contributed by atoms with Crippen LogP contribution in [-0.2, 0) is 4.74 Å². The van der Waals surface area contributed by atoms with Gasteiger partial charge in [-0.15, -0.1) is 0 Å². The van der Waals surface area contributed by atoms with E-state index in [4.69, 9.17) is 4.74 Å². The highest BCUT2D eigenvalue weighted by molar-refractivity contribution is 5.41. The Bertz CT molecular complexity index is 366. The Morgan fingerprint density at radius 2 is 2.39 bits per heavy atom. The highest BCUT2D eigenvalue weighted by atomic mass is 16.5. The van der Waals surface area contributed by atoms with Crippen LogP contribution in [0.15, 0.2) is 18.3 Å². The van der Waals surface area contributed by atoms with Gasteiger partial charge in [-0.2, -0.15) is 0 Å². The molecule has 1 fully saturated rings. The van der Waals surface area contributed by atoms with Crippen LogP contribution in [0, 0.1) is 0 Å². The monoisotopic (exact) mass is 249 g/mol. The maximum absolute atomic E-state index is 5.38. The second-order valence-electron chi connectivity index (χ2n) is 4.82. The highest BCUT2D eigenvalue weighted by Crippen LogP contribution is 2.21. The third kappa shape index (κ3) is 3.00. The van der Waals surface area contributed by atoms with Crippen molar-refractivity contribution in [3.8, 4) is 0 Å². The van der Waals surface area contributed by atoms with Crippen LogP contribution in [0.2, 0.25) is 0 Å². The molecule has 18 heavy (non-hydrogen) atoms. The van der Waals surface area contributed by atoms with Gasteiger partial charge in [0.25, 0.3) is 0 Å². The molecule has 4 nitrogen and oxygen atoms in total. The fourth-order valence-corrected chi connectivity index (χ4v) is 2.39. The summed E-state index contributed by atoms with van der Waals surface area (Å²) < 4.78 is 5.38. The molecule has 4 heteroatoms. The fourth-order valence-electron chi connectivity index (χ4n) is 2.39. The number of hydrogen-bond acceptors (Lipinski definition) is 4. The maximum Gasteiger partial charge on any atom is 0.128 e. The molecule has 100 valence electrons. The molecule has 2 rings (SSSR count). The van der Waals surface area contributed by atoms with E-state index in [0.29, 0.717) is 12.1 Å². The Labute approximate surface area is 109 Å².